The molecule has 0 saturated heterocycles. The molecule has 0 unspecified atom stereocenters. The number of benzene rings is 1. The summed E-state index contributed by atoms with van der Waals surface area (Å²) in [4.78, 5) is 4.00. The van der Waals surface area contributed by atoms with Gasteiger partial charge in [0, 0.05) is 0 Å². The van der Waals surface area contributed by atoms with Crippen LogP contribution in [0.15, 0.2) is 29.3 Å². The Morgan fingerprint density at radius 1 is 1.27 bits per heavy atom. The molecule has 0 bridgehead atoms. The Labute approximate surface area is 64.9 Å². The molecule has 1 radical (unpaired) electrons. The molecular weight excluding hydrogens is 138 g/mol. The highest BCUT2D eigenvalue weighted by Crippen LogP contribution is 2.18. The molecule has 0 fully saturated rings. The maximum Gasteiger partial charge on any atom is 0.216 e. The van der Waals surface area contributed by atoms with E-state index in [0.717, 1.165) is 11.3 Å². The Morgan fingerprint density at radius 2 is 2.09 bits per heavy atom. The van der Waals surface area contributed by atoms with Gasteiger partial charge < -0.3 is 5.73 Å². The van der Waals surface area contributed by atoms with Crippen LogP contribution in [0.4, 0.5) is 5.69 Å². The van der Waals surface area contributed by atoms with Crippen molar-refractivity contribution in [1.29, 1.82) is 0 Å². The van der Waals surface area contributed by atoms with Gasteiger partial charge in [-0.3, -0.25) is 0 Å². The molecule has 2 N–H and O–H groups in total. The molecule has 0 aromatic heterocycles. The van der Waals surface area contributed by atoms with Crippen molar-refractivity contribution < 1.29 is 0 Å². The number of guanidine groups is 1. The predicted molar refractivity (Wildman–Crippen MR) is 43.6 cm³/mol. The van der Waals surface area contributed by atoms with Crippen LogP contribution in [0.25, 0.3) is 0 Å². The highest BCUT2D eigenvalue weighted by molar-refractivity contribution is 5.84. The third kappa shape index (κ3) is 1.05. The molecule has 1 aromatic carbocycles. The lowest BCUT2D eigenvalue weighted by Gasteiger charge is -2.11. The molecule has 0 saturated carbocycles. The van der Waals surface area contributed by atoms with Gasteiger partial charge in [0.1, 0.15) is 0 Å². The fourth-order valence-corrected chi connectivity index (χ4v) is 1.08. The summed E-state index contributed by atoms with van der Waals surface area (Å²) in [7, 11) is 0. The van der Waals surface area contributed by atoms with E-state index in [1.165, 1.54) is 0 Å². The molecule has 0 amide bonds. The number of hydrogen-bond donors (Lipinski definition) is 1. The summed E-state index contributed by atoms with van der Waals surface area (Å²) >= 11 is 0. The summed E-state index contributed by atoms with van der Waals surface area (Å²) in [5, 5.41) is 4.07. The fourth-order valence-electron chi connectivity index (χ4n) is 1.08. The van der Waals surface area contributed by atoms with E-state index < -0.39 is 0 Å². The zero-order valence-electron chi connectivity index (χ0n) is 5.99. The van der Waals surface area contributed by atoms with E-state index in [0.29, 0.717) is 12.5 Å². The molecule has 11 heavy (non-hydrogen) atoms. The van der Waals surface area contributed by atoms with Gasteiger partial charge in [0.15, 0.2) is 0 Å². The Hall–Kier alpha value is -1.51. The Bertz CT molecular complexity index is 304. The van der Waals surface area contributed by atoms with Crippen LogP contribution in [0.2, 0.25) is 0 Å². The fraction of sp³-hybridized carbons (Fsp3) is 0.125. The standard InChI is InChI=1S/C8H8N3/c9-8-10-5-6-3-1-2-4-7(6)11-8/h1-4H,5H2,(H2,9,10). The van der Waals surface area contributed by atoms with E-state index in [9.17, 15) is 0 Å². The SMILES string of the molecule is NC1=NCc2ccccc2[N]1. The van der Waals surface area contributed by atoms with E-state index in [1.807, 2.05) is 24.3 Å². The first-order valence-electron chi connectivity index (χ1n) is 3.46. The van der Waals surface area contributed by atoms with Crippen LogP contribution in [0.5, 0.6) is 0 Å². The van der Waals surface area contributed by atoms with Crippen molar-refractivity contribution >= 4 is 11.6 Å². The van der Waals surface area contributed by atoms with Gasteiger partial charge in [0.05, 0.1) is 12.2 Å². The maximum absolute atomic E-state index is 5.43. The zero-order valence-corrected chi connectivity index (χ0v) is 5.99. The second-order valence-corrected chi connectivity index (χ2v) is 2.41. The van der Waals surface area contributed by atoms with Crippen molar-refractivity contribution in [2.75, 3.05) is 0 Å². The summed E-state index contributed by atoms with van der Waals surface area (Å²) in [6.45, 7) is 0.658. The quantitative estimate of drug-likeness (QED) is 0.577. The first-order valence-corrected chi connectivity index (χ1v) is 3.46. The third-order valence-electron chi connectivity index (χ3n) is 1.64. The van der Waals surface area contributed by atoms with Gasteiger partial charge in [-0.2, -0.15) is 0 Å². The minimum atomic E-state index is 0.378. The van der Waals surface area contributed by atoms with E-state index in [2.05, 4.69) is 10.3 Å². The highest BCUT2D eigenvalue weighted by Gasteiger charge is 2.08. The van der Waals surface area contributed by atoms with Gasteiger partial charge >= 0.3 is 0 Å². The monoisotopic (exact) mass is 146 g/mol. The molecule has 3 heteroatoms. The van der Waals surface area contributed by atoms with Crippen LogP contribution in [0.3, 0.4) is 0 Å². The molecule has 1 heterocycles. The lowest BCUT2D eigenvalue weighted by Crippen LogP contribution is -2.25. The summed E-state index contributed by atoms with van der Waals surface area (Å²) in [6.07, 6.45) is 0. The second-order valence-electron chi connectivity index (χ2n) is 2.41. The highest BCUT2D eigenvalue weighted by atomic mass is 15.1. The Kier molecular flexibility index (Phi) is 1.28. The van der Waals surface area contributed by atoms with E-state index in [-0.39, 0.29) is 0 Å². The minimum Gasteiger partial charge on any atom is -0.368 e. The predicted octanol–water partition coefficient (Wildman–Crippen LogP) is 0.751. The molecule has 0 atom stereocenters. The molecule has 2 rings (SSSR count). The largest absolute Gasteiger partial charge is 0.368 e. The van der Waals surface area contributed by atoms with Crippen molar-refractivity contribution in [1.82, 2.24) is 5.32 Å². The van der Waals surface area contributed by atoms with Crippen molar-refractivity contribution in [2.45, 2.75) is 6.54 Å². The number of hydrogen-bond acceptors (Lipinski definition) is 2. The van der Waals surface area contributed by atoms with Crippen molar-refractivity contribution in [3.8, 4) is 0 Å². The average molecular weight is 146 g/mol. The summed E-state index contributed by atoms with van der Waals surface area (Å²) in [5.41, 5.74) is 7.52. The third-order valence-corrected chi connectivity index (χ3v) is 1.64. The molecule has 55 valence electrons. The second kappa shape index (κ2) is 2.27. The van der Waals surface area contributed by atoms with Crippen LogP contribution < -0.4 is 11.1 Å². The van der Waals surface area contributed by atoms with Gasteiger partial charge in [-0.25, -0.2) is 10.3 Å². The molecule has 1 aliphatic rings. The van der Waals surface area contributed by atoms with Gasteiger partial charge in [-0.15, -0.1) is 0 Å². The van der Waals surface area contributed by atoms with Crippen LogP contribution in [-0.2, 0) is 6.54 Å². The van der Waals surface area contributed by atoms with Gasteiger partial charge in [0.2, 0.25) is 5.96 Å². The molecule has 1 aliphatic heterocycles. The summed E-state index contributed by atoms with van der Waals surface area (Å²) in [5.74, 6) is 0.378. The first-order chi connectivity index (χ1) is 5.36. The molecular formula is C8H8N3. The smallest absolute Gasteiger partial charge is 0.216 e. The number of aliphatic imine (C=N–C) groups is 1. The Morgan fingerprint density at radius 3 is 3.00 bits per heavy atom. The average Bonchev–Trinajstić information content (AvgIpc) is 2.04. The lowest BCUT2D eigenvalue weighted by molar-refractivity contribution is 0.970. The molecule has 0 aliphatic carbocycles. The van der Waals surface area contributed by atoms with Crippen molar-refractivity contribution in [3.05, 3.63) is 29.8 Å². The number of nitrogens with zero attached hydrogens (tertiary/aromatic N) is 2. The van der Waals surface area contributed by atoms with E-state index >= 15 is 0 Å². The number of fused-ring (bicyclic) bond motifs is 1. The van der Waals surface area contributed by atoms with Crippen LogP contribution in [-0.4, -0.2) is 5.96 Å². The van der Waals surface area contributed by atoms with Crippen molar-refractivity contribution in [3.63, 3.8) is 0 Å². The van der Waals surface area contributed by atoms with Gasteiger partial charge in [-0.1, -0.05) is 18.2 Å². The van der Waals surface area contributed by atoms with Crippen molar-refractivity contribution in [2.24, 2.45) is 10.7 Å². The zero-order chi connectivity index (χ0) is 7.68. The van der Waals surface area contributed by atoms with Crippen LogP contribution >= 0.6 is 0 Å². The van der Waals surface area contributed by atoms with E-state index in [4.69, 9.17) is 5.73 Å². The summed E-state index contributed by atoms with van der Waals surface area (Å²) in [6, 6.07) is 7.87. The minimum absolute atomic E-state index is 0.378. The summed E-state index contributed by atoms with van der Waals surface area (Å²) < 4.78 is 0. The van der Waals surface area contributed by atoms with Gasteiger partial charge in [0.25, 0.3) is 0 Å². The lowest BCUT2D eigenvalue weighted by atomic mass is 10.1. The number of para-hydroxylation sites is 1. The van der Waals surface area contributed by atoms with E-state index in [1.54, 1.807) is 0 Å². The van der Waals surface area contributed by atoms with Gasteiger partial charge in [-0.05, 0) is 11.6 Å². The van der Waals surface area contributed by atoms with Crippen LogP contribution in [0.1, 0.15) is 5.56 Å². The van der Waals surface area contributed by atoms with Crippen LogP contribution in [0, 0.1) is 0 Å². The molecule has 0 spiro atoms. The molecule has 3 nitrogen and oxygen atoms in total. The topological polar surface area (TPSA) is 52.5 Å². The first kappa shape index (κ1) is 6.22. The number of nitrogens with two attached hydrogens (primary N) is 1. The normalized spacial score (nSPS) is 14.7. The maximum atomic E-state index is 5.43. The number of rotatable bonds is 0. The Balaban J connectivity index is 2.42. The molecule has 1 aromatic rings.